The summed E-state index contributed by atoms with van der Waals surface area (Å²) in [4.78, 5) is 0. The predicted octanol–water partition coefficient (Wildman–Crippen LogP) is 7.01. The first-order valence-corrected chi connectivity index (χ1v) is 14.6. The average molecular weight is 473 g/mol. The maximum absolute atomic E-state index is 15.3. The van der Waals surface area contributed by atoms with E-state index in [9.17, 15) is 0 Å². The van der Waals surface area contributed by atoms with Crippen LogP contribution in [0.1, 0.15) is 74.8 Å². The third kappa shape index (κ3) is 4.69. The van der Waals surface area contributed by atoms with Crippen molar-refractivity contribution in [3.8, 4) is 0 Å². The van der Waals surface area contributed by atoms with Gasteiger partial charge in [-0.05, 0) is 78.6 Å². The Morgan fingerprint density at radius 1 is 0.879 bits per heavy atom. The van der Waals surface area contributed by atoms with Gasteiger partial charge in [-0.2, -0.15) is 0 Å². The Balaban J connectivity index is 1.98. The van der Waals surface area contributed by atoms with Gasteiger partial charge in [-0.15, -0.1) is 0 Å². The molecule has 1 saturated heterocycles. The molecule has 0 N–H and O–H groups in total. The Hall–Kier alpha value is -1.21. The SMILES string of the molecule is CC(C)[Si](OCCc1c(F)ccc2cccc(B3OC(C)(C)C(C)(C)O3)c12)(C(C)C)C(C)C. The molecule has 1 fully saturated rings. The van der Waals surface area contributed by atoms with Crippen LogP contribution in [0, 0.1) is 5.82 Å². The highest BCUT2D eigenvalue weighted by molar-refractivity contribution is 6.77. The normalized spacial score (nSPS) is 18.3. The van der Waals surface area contributed by atoms with Crippen molar-refractivity contribution in [3.05, 3.63) is 41.7 Å². The molecule has 0 aliphatic carbocycles. The molecular weight excluding hydrogens is 430 g/mol. The maximum atomic E-state index is 15.3. The van der Waals surface area contributed by atoms with E-state index in [1.165, 1.54) is 0 Å². The number of fused-ring (bicyclic) bond motifs is 1. The van der Waals surface area contributed by atoms with E-state index in [4.69, 9.17) is 13.7 Å². The lowest BCUT2D eigenvalue weighted by molar-refractivity contribution is 0.00578. The van der Waals surface area contributed by atoms with Crippen LogP contribution in [0.4, 0.5) is 4.39 Å². The largest absolute Gasteiger partial charge is 0.495 e. The second kappa shape index (κ2) is 9.44. The molecule has 1 heterocycles. The molecule has 0 spiro atoms. The summed E-state index contributed by atoms with van der Waals surface area (Å²) in [5, 5.41) is 1.89. The number of rotatable bonds is 8. The van der Waals surface area contributed by atoms with Crippen LogP contribution in [0.2, 0.25) is 16.6 Å². The highest BCUT2D eigenvalue weighted by atomic mass is 28.4. The molecule has 0 amide bonds. The minimum absolute atomic E-state index is 0.194. The third-order valence-electron chi connectivity index (χ3n) is 8.05. The van der Waals surface area contributed by atoms with Gasteiger partial charge < -0.3 is 13.7 Å². The van der Waals surface area contributed by atoms with Crippen LogP contribution in [0.3, 0.4) is 0 Å². The second-order valence-electron chi connectivity index (χ2n) is 11.5. The molecule has 1 aliphatic heterocycles. The Morgan fingerprint density at radius 3 is 1.94 bits per heavy atom. The summed E-state index contributed by atoms with van der Waals surface area (Å²) in [5.74, 6) is -0.194. The van der Waals surface area contributed by atoms with Gasteiger partial charge in [-0.25, -0.2) is 4.39 Å². The topological polar surface area (TPSA) is 27.7 Å². The molecule has 0 unspecified atom stereocenters. The summed E-state index contributed by atoms with van der Waals surface area (Å²) in [6.45, 7) is 22.4. The number of benzene rings is 2. The molecular formula is C27H42BFO3Si. The van der Waals surface area contributed by atoms with E-state index in [1.807, 2.05) is 52.0 Å². The standard InChI is InChI=1S/C27H42BFO3Si/c1-18(2)33(19(3)4,20(5)6)30-17-16-22-24(29)15-14-21-12-11-13-23(25(21)22)28-31-26(7,8)27(9,10)32-28/h11-15,18-20H,16-17H2,1-10H3. The van der Waals surface area contributed by atoms with Crippen molar-refractivity contribution in [2.24, 2.45) is 0 Å². The van der Waals surface area contributed by atoms with Crippen molar-refractivity contribution >= 4 is 31.7 Å². The van der Waals surface area contributed by atoms with Crippen LogP contribution in [0.5, 0.6) is 0 Å². The summed E-state index contributed by atoms with van der Waals surface area (Å²) in [7, 11) is -2.55. The first-order valence-electron chi connectivity index (χ1n) is 12.4. The van der Waals surface area contributed by atoms with Gasteiger partial charge in [0.05, 0.1) is 11.2 Å². The molecule has 0 aromatic heterocycles. The second-order valence-corrected chi connectivity index (χ2v) is 16.9. The van der Waals surface area contributed by atoms with Crippen LogP contribution < -0.4 is 5.46 Å². The summed E-state index contributed by atoms with van der Waals surface area (Å²) in [5.41, 5.74) is 2.17. The van der Waals surface area contributed by atoms with Crippen molar-refractivity contribution in [2.45, 2.75) is 103 Å². The molecule has 3 nitrogen and oxygen atoms in total. The fourth-order valence-corrected chi connectivity index (χ4v) is 11.2. The quantitative estimate of drug-likeness (QED) is 0.387. The van der Waals surface area contributed by atoms with Gasteiger partial charge in [-0.3, -0.25) is 0 Å². The number of halogens is 1. The van der Waals surface area contributed by atoms with Crippen molar-refractivity contribution in [1.29, 1.82) is 0 Å². The van der Waals surface area contributed by atoms with Crippen LogP contribution in [-0.4, -0.2) is 33.2 Å². The molecule has 2 aromatic carbocycles. The Labute approximate surface area is 201 Å². The Bertz CT molecular complexity index is 949. The van der Waals surface area contributed by atoms with E-state index in [-0.39, 0.29) is 5.82 Å². The number of hydrogen-bond donors (Lipinski definition) is 0. The molecule has 182 valence electrons. The Morgan fingerprint density at radius 2 is 1.42 bits per heavy atom. The molecule has 0 saturated carbocycles. The monoisotopic (exact) mass is 472 g/mol. The maximum Gasteiger partial charge on any atom is 0.495 e. The molecule has 3 rings (SSSR count). The van der Waals surface area contributed by atoms with Crippen molar-refractivity contribution < 1.29 is 18.1 Å². The van der Waals surface area contributed by atoms with Crippen molar-refractivity contribution in [3.63, 3.8) is 0 Å². The fourth-order valence-electron chi connectivity index (χ4n) is 5.70. The lowest BCUT2D eigenvalue weighted by Crippen LogP contribution is -2.48. The van der Waals surface area contributed by atoms with Crippen LogP contribution in [0.15, 0.2) is 30.3 Å². The van der Waals surface area contributed by atoms with Gasteiger partial charge in [0.25, 0.3) is 0 Å². The predicted molar refractivity (Wildman–Crippen MR) is 140 cm³/mol. The zero-order valence-electron chi connectivity index (χ0n) is 22.2. The zero-order valence-corrected chi connectivity index (χ0v) is 23.2. The molecule has 0 bridgehead atoms. The lowest BCUT2D eigenvalue weighted by Gasteiger charge is -2.42. The van der Waals surface area contributed by atoms with Gasteiger partial charge in [0.15, 0.2) is 8.32 Å². The first kappa shape index (κ1) is 26.4. The molecule has 1 aliphatic rings. The highest BCUT2D eigenvalue weighted by Gasteiger charge is 2.52. The number of hydrogen-bond acceptors (Lipinski definition) is 3. The van der Waals surface area contributed by atoms with Crippen LogP contribution in [0.25, 0.3) is 10.8 Å². The van der Waals surface area contributed by atoms with Crippen molar-refractivity contribution in [2.75, 3.05) is 6.61 Å². The molecule has 33 heavy (non-hydrogen) atoms. The van der Waals surface area contributed by atoms with Gasteiger partial charge >= 0.3 is 7.12 Å². The minimum Gasteiger partial charge on any atom is -0.416 e. The molecule has 6 heteroatoms. The average Bonchev–Trinajstić information content (AvgIpc) is 2.92. The van der Waals surface area contributed by atoms with Crippen molar-refractivity contribution in [1.82, 2.24) is 0 Å². The van der Waals surface area contributed by atoms with E-state index in [1.54, 1.807) is 6.07 Å². The van der Waals surface area contributed by atoms with E-state index >= 15 is 4.39 Å². The van der Waals surface area contributed by atoms with E-state index in [0.29, 0.717) is 35.2 Å². The first-order chi connectivity index (χ1) is 15.2. The molecule has 2 aromatic rings. The van der Waals surface area contributed by atoms with E-state index in [2.05, 4.69) is 41.5 Å². The van der Waals surface area contributed by atoms with Crippen LogP contribution >= 0.6 is 0 Å². The van der Waals surface area contributed by atoms with Gasteiger partial charge in [0, 0.05) is 6.61 Å². The smallest absolute Gasteiger partial charge is 0.416 e. The third-order valence-corrected chi connectivity index (χ3v) is 14.2. The van der Waals surface area contributed by atoms with E-state index < -0.39 is 26.6 Å². The van der Waals surface area contributed by atoms with Gasteiger partial charge in [-0.1, -0.05) is 65.8 Å². The minimum atomic E-state index is -2.02. The zero-order chi connectivity index (χ0) is 24.8. The molecule has 0 radical (unpaired) electrons. The highest BCUT2D eigenvalue weighted by Crippen LogP contribution is 2.42. The summed E-state index contributed by atoms with van der Waals surface area (Å²) < 4.78 is 34.7. The summed E-state index contributed by atoms with van der Waals surface area (Å²) in [6, 6.07) is 9.45. The Kier molecular flexibility index (Phi) is 7.56. The van der Waals surface area contributed by atoms with Gasteiger partial charge in [0.2, 0.25) is 0 Å². The lowest BCUT2D eigenvalue weighted by atomic mass is 9.74. The van der Waals surface area contributed by atoms with Crippen LogP contribution in [-0.2, 0) is 20.2 Å². The summed E-state index contributed by atoms with van der Waals surface area (Å²) >= 11 is 0. The van der Waals surface area contributed by atoms with E-state index in [0.717, 1.165) is 16.2 Å². The fraction of sp³-hybridized carbons (Fsp3) is 0.630. The summed E-state index contributed by atoms with van der Waals surface area (Å²) in [6.07, 6.45) is 0.528. The van der Waals surface area contributed by atoms with Gasteiger partial charge in [0.1, 0.15) is 5.82 Å². The molecule has 0 atom stereocenters.